The molecule has 3 N–H and O–H groups in total. The van der Waals surface area contributed by atoms with E-state index >= 15 is 0 Å². The average Bonchev–Trinajstić information content (AvgIpc) is 2.75. The van der Waals surface area contributed by atoms with E-state index in [2.05, 4.69) is 16.0 Å². The molecule has 0 aliphatic rings. The van der Waals surface area contributed by atoms with Gasteiger partial charge in [-0.25, -0.2) is 0 Å². The largest absolute Gasteiger partial charge is 0.416 e. The van der Waals surface area contributed by atoms with E-state index in [0.29, 0.717) is 5.11 Å². The lowest BCUT2D eigenvalue weighted by Crippen LogP contribution is -2.19. The summed E-state index contributed by atoms with van der Waals surface area (Å²) in [5, 5.41) is 9.05. The molecule has 0 unspecified atom stereocenters. The van der Waals surface area contributed by atoms with Crippen LogP contribution in [0.4, 0.5) is 30.2 Å². The molecule has 0 bridgehead atoms. The number of halogens is 4. The highest BCUT2D eigenvalue weighted by atomic mass is 35.5. The quantitative estimate of drug-likeness (QED) is 0.242. The van der Waals surface area contributed by atoms with Crippen LogP contribution in [0, 0.1) is 6.92 Å². The smallest absolute Gasteiger partial charge is 0.332 e. The van der Waals surface area contributed by atoms with Gasteiger partial charge in [-0.3, -0.25) is 4.79 Å². The lowest BCUT2D eigenvalue weighted by Gasteiger charge is -2.12. The number of hydrogen-bond donors (Lipinski definition) is 3. The third-order valence-corrected chi connectivity index (χ3v) is 5.87. The van der Waals surface area contributed by atoms with E-state index in [-0.39, 0.29) is 16.5 Å². The van der Waals surface area contributed by atoms with Crippen LogP contribution in [0.15, 0.2) is 71.6 Å². The molecule has 0 saturated heterocycles. The Morgan fingerprint density at radius 1 is 0.970 bits per heavy atom. The van der Waals surface area contributed by atoms with Crippen molar-refractivity contribution in [2.24, 2.45) is 0 Å². The third kappa shape index (κ3) is 7.66. The first kappa shape index (κ1) is 24.9. The summed E-state index contributed by atoms with van der Waals surface area (Å²) >= 11 is 12.5. The van der Waals surface area contributed by atoms with Crippen molar-refractivity contribution in [3.8, 4) is 0 Å². The molecule has 3 rings (SSSR count). The van der Waals surface area contributed by atoms with E-state index in [0.717, 1.165) is 40.0 Å². The number of rotatable bonds is 6. The maximum absolute atomic E-state index is 12.9. The predicted octanol–water partition coefficient (Wildman–Crippen LogP) is 7.21. The zero-order valence-electron chi connectivity index (χ0n) is 17.3. The predicted molar refractivity (Wildman–Crippen MR) is 133 cm³/mol. The molecule has 0 atom stereocenters. The first-order chi connectivity index (χ1) is 15.6. The van der Waals surface area contributed by atoms with E-state index < -0.39 is 17.6 Å². The van der Waals surface area contributed by atoms with Crippen molar-refractivity contribution in [3.05, 3.63) is 82.9 Å². The lowest BCUT2D eigenvalue weighted by atomic mass is 10.2. The van der Waals surface area contributed by atoms with Crippen LogP contribution >= 0.6 is 35.6 Å². The number of carbonyl (C=O) groups is 1. The Morgan fingerprint density at radius 3 is 2.36 bits per heavy atom. The van der Waals surface area contributed by atoms with Crippen molar-refractivity contribution >= 4 is 63.7 Å². The molecular formula is C23H19ClF3N3OS2. The summed E-state index contributed by atoms with van der Waals surface area (Å²) in [5.74, 6) is -0.488. The Labute approximate surface area is 203 Å². The molecule has 0 spiro atoms. The number of nitrogens with one attached hydrogen (secondary N) is 3. The zero-order chi connectivity index (χ0) is 24.0. The second kappa shape index (κ2) is 10.9. The van der Waals surface area contributed by atoms with Gasteiger partial charge in [0.1, 0.15) is 0 Å². The van der Waals surface area contributed by atoms with Crippen LogP contribution in [0.5, 0.6) is 0 Å². The van der Waals surface area contributed by atoms with Crippen LogP contribution in [0.1, 0.15) is 11.1 Å². The van der Waals surface area contributed by atoms with E-state index in [1.54, 1.807) is 6.07 Å². The Kier molecular flexibility index (Phi) is 8.23. The molecular weight excluding hydrogens is 491 g/mol. The van der Waals surface area contributed by atoms with Gasteiger partial charge in [-0.15, -0.1) is 11.8 Å². The fourth-order valence-corrected chi connectivity index (χ4v) is 3.88. The average molecular weight is 510 g/mol. The normalized spacial score (nSPS) is 11.1. The Hall–Kier alpha value is -2.75. The number of alkyl halides is 3. The first-order valence-corrected chi connectivity index (χ1v) is 11.4. The number of thiocarbonyl (C=S) groups is 1. The van der Waals surface area contributed by atoms with Crippen LogP contribution in [-0.2, 0) is 11.0 Å². The summed E-state index contributed by atoms with van der Waals surface area (Å²) in [6, 6.07) is 17.8. The van der Waals surface area contributed by atoms with Crippen molar-refractivity contribution in [1.82, 2.24) is 0 Å². The number of thioether (sulfide) groups is 1. The fraction of sp³-hybridized carbons (Fsp3) is 0.130. The van der Waals surface area contributed by atoms with E-state index in [9.17, 15) is 18.0 Å². The van der Waals surface area contributed by atoms with E-state index in [1.807, 2.05) is 49.4 Å². The number of carbonyl (C=O) groups excluding carboxylic acids is 1. The molecule has 172 valence electrons. The number of benzene rings is 3. The molecule has 10 heteroatoms. The minimum Gasteiger partial charge on any atom is -0.332 e. The Morgan fingerprint density at radius 2 is 1.67 bits per heavy atom. The molecule has 0 saturated carbocycles. The van der Waals surface area contributed by atoms with Gasteiger partial charge in [-0.05, 0) is 67.7 Å². The third-order valence-electron chi connectivity index (χ3n) is 4.34. The standard InChI is InChI=1S/C23H19ClF3N3OS2/c1-14-5-8-16(9-6-14)28-22(32)29-17-3-2-4-18(12-17)33-13-21(31)30-20-11-15(23(25,26)27)7-10-19(20)24/h2-12H,13H2,1H3,(H,30,31)(H2,28,29,32). The van der Waals surface area contributed by atoms with Crippen LogP contribution < -0.4 is 16.0 Å². The highest BCUT2D eigenvalue weighted by molar-refractivity contribution is 8.00. The fourth-order valence-electron chi connectivity index (χ4n) is 2.73. The molecule has 0 aliphatic carbocycles. The molecule has 0 heterocycles. The van der Waals surface area contributed by atoms with Gasteiger partial charge in [0.25, 0.3) is 0 Å². The molecule has 0 fully saturated rings. The molecule has 4 nitrogen and oxygen atoms in total. The van der Waals surface area contributed by atoms with Gasteiger partial charge in [-0.2, -0.15) is 13.2 Å². The highest BCUT2D eigenvalue weighted by Gasteiger charge is 2.31. The summed E-state index contributed by atoms with van der Waals surface area (Å²) < 4.78 is 38.7. The Bertz CT molecular complexity index is 1150. The number of amides is 1. The first-order valence-electron chi connectivity index (χ1n) is 9.64. The summed E-state index contributed by atoms with van der Waals surface area (Å²) in [6.45, 7) is 2.00. The molecule has 1 amide bonds. The van der Waals surface area contributed by atoms with Crippen LogP contribution in [-0.4, -0.2) is 16.8 Å². The van der Waals surface area contributed by atoms with E-state index in [4.69, 9.17) is 23.8 Å². The summed E-state index contributed by atoms with van der Waals surface area (Å²) in [4.78, 5) is 13.1. The van der Waals surface area contributed by atoms with Gasteiger partial charge < -0.3 is 16.0 Å². The molecule has 0 aliphatic heterocycles. The number of aryl methyl sites for hydroxylation is 1. The van der Waals surface area contributed by atoms with Gasteiger partial charge in [0.2, 0.25) is 5.91 Å². The highest BCUT2D eigenvalue weighted by Crippen LogP contribution is 2.34. The monoisotopic (exact) mass is 509 g/mol. The SMILES string of the molecule is Cc1ccc(NC(=S)Nc2cccc(SCC(=O)Nc3cc(C(F)(F)F)ccc3Cl)c2)cc1. The van der Waals surface area contributed by atoms with Gasteiger partial charge in [0.05, 0.1) is 22.0 Å². The molecule has 3 aromatic carbocycles. The van der Waals surface area contributed by atoms with Crippen LogP contribution in [0.3, 0.4) is 0 Å². The number of anilines is 3. The minimum atomic E-state index is -4.53. The lowest BCUT2D eigenvalue weighted by molar-refractivity contribution is -0.137. The molecule has 33 heavy (non-hydrogen) atoms. The Balaban J connectivity index is 1.55. The second-order valence-electron chi connectivity index (χ2n) is 7.00. The van der Waals surface area contributed by atoms with Crippen molar-refractivity contribution in [2.75, 3.05) is 21.7 Å². The molecule has 0 aromatic heterocycles. The van der Waals surface area contributed by atoms with Gasteiger partial charge in [0.15, 0.2) is 5.11 Å². The number of hydrogen-bond acceptors (Lipinski definition) is 3. The zero-order valence-corrected chi connectivity index (χ0v) is 19.7. The van der Waals surface area contributed by atoms with Crippen LogP contribution in [0.2, 0.25) is 5.02 Å². The van der Waals surface area contributed by atoms with Gasteiger partial charge in [0, 0.05) is 16.3 Å². The topological polar surface area (TPSA) is 53.2 Å². The maximum Gasteiger partial charge on any atom is 0.416 e. The molecule has 0 radical (unpaired) electrons. The minimum absolute atomic E-state index is 0.0118. The van der Waals surface area contributed by atoms with Crippen LogP contribution in [0.25, 0.3) is 0 Å². The van der Waals surface area contributed by atoms with E-state index in [1.165, 1.54) is 11.8 Å². The van der Waals surface area contributed by atoms with Gasteiger partial charge in [-0.1, -0.05) is 35.4 Å². The molecule has 3 aromatic rings. The summed E-state index contributed by atoms with van der Waals surface area (Å²) in [7, 11) is 0. The summed E-state index contributed by atoms with van der Waals surface area (Å²) in [6.07, 6.45) is -4.53. The summed E-state index contributed by atoms with van der Waals surface area (Å²) in [5.41, 5.74) is 1.76. The van der Waals surface area contributed by atoms with Crippen molar-refractivity contribution in [1.29, 1.82) is 0 Å². The maximum atomic E-state index is 12.9. The second-order valence-corrected chi connectivity index (χ2v) is 8.87. The van der Waals surface area contributed by atoms with Crippen molar-refractivity contribution in [2.45, 2.75) is 18.0 Å². The van der Waals surface area contributed by atoms with Gasteiger partial charge >= 0.3 is 6.18 Å². The van der Waals surface area contributed by atoms with Crippen molar-refractivity contribution in [3.63, 3.8) is 0 Å². The van der Waals surface area contributed by atoms with Crippen molar-refractivity contribution < 1.29 is 18.0 Å².